The average molecular weight is 292 g/mol. The first-order valence-electron chi connectivity index (χ1n) is 7.02. The summed E-state index contributed by atoms with van der Waals surface area (Å²) in [6.45, 7) is 0.554. The van der Waals surface area contributed by atoms with Gasteiger partial charge in [0.15, 0.2) is 0 Å². The van der Waals surface area contributed by atoms with Crippen LogP contribution in [0.5, 0.6) is 0 Å². The van der Waals surface area contributed by atoms with Gasteiger partial charge in [0.1, 0.15) is 5.82 Å². The van der Waals surface area contributed by atoms with E-state index in [-0.39, 0.29) is 5.91 Å². The monoisotopic (exact) mass is 292 g/mol. The van der Waals surface area contributed by atoms with E-state index in [0.29, 0.717) is 17.9 Å². The third kappa shape index (κ3) is 2.88. The fourth-order valence-corrected chi connectivity index (χ4v) is 2.26. The Hall–Kier alpha value is -2.95. The molecule has 2 N–H and O–H groups in total. The Bertz CT molecular complexity index is 816. The second kappa shape index (κ2) is 6.22. The van der Waals surface area contributed by atoms with E-state index in [1.54, 1.807) is 25.4 Å². The molecule has 2 aromatic heterocycles. The van der Waals surface area contributed by atoms with Crippen molar-refractivity contribution in [2.24, 2.45) is 0 Å². The molecule has 0 spiro atoms. The van der Waals surface area contributed by atoms with E-state index in [1.165, 1.54) is 0 Å². The number of hydrogen-bond acceptors (Lipinski definition) is 4. The molecule has 22 heavy (non-hydrogen) atoms. The second-order valence-corrected chi connectivity index (χ2v) is 4.87. The van der Waals surface area contributed by atoms with E-state index in [0.717, 1.165) is 16.5 Å². The smallest absolute Gasteiger partial charge is 0.254 e. The SMILES string of the molecule is CNC(=O)c1cccnc1NCc1cnc2ccccc2c1. The van der Waals surface area contributed by atoms with Gasteiger partial charge < -0.3 is 10.6 Å². The number of rotatable bonds is 4. The molecule has 0 bridgehead atoms. The zero-order valence-electron chi connectivity index (χ0n) is 12.2. The molecule has 5 heteroatoms. The van der Waals surface area contributed by atoms with Crippen LogP contribution in [0.3, 0.4) is 0 Å². The Balaban J connectivity index is 1.81. The first-order valence-corrected chi connectivity index (χ1v) is 7.02. The van der Waals surface area contributed by atoms with Gasteiger partial charge in [0, 0.05) is 31.4 Å². The number of pyridine rings is 2. The standard InChI is InChI=1S/C17H16N4O/c1-18-17(22)14-6-4-8-19-16(14)21-11-12-9-13-5-2-3-7-15(13)20-10-12/h2-10H,11H2,1H3,(H,18,22)(H,19,21). The second-order valence-electron chi connectivity index (χ2n) is 4.87. The van der Waals surface area contributed by atoms with Gasteiger partial charge in [0.25, 0.3) is 5.91 Å². The first-order chi connectivity index (χ1) is 10.8. The number of fused-ring (bicyclic) bond motifs is 1. The Morgan fingerprint density at radius 1 is 1.14 bits per heavy atom. The molecule has 2 heterocycles. The molecule has 0 fully saturated rings. The average Bonchev–Trinajstić information content (AvgIpc) is 2.59. The zero-order chi connectivity index (χ0) is 15.4. The molecule has 1 amide bonds. The van der Waals surface area contributed by atoms with Crippen molar-refractivity contribution < 1.29 is 4.79 Å². The van der Waals surface area contributed by atoms with Crippen molar-refractivity contribution in [3.8, 4) is 0 Å². The van der Waals surface area contributed by atoms with Gasteiger partial charge in [-0.25, -0.2) is 4.98 Å². The minimum Gasteiger partial charge on any atom is -0.365 e. The lowest BCUT2D eigenvalue weighted by Crippen LogP contribution is -2.20. The molecular formula is C17H16N4O. The van der Waals surface area contributed by atoms with Gasteiger partial charge in [-0.15, -0.1) is 0 Å². The van der Waals surface area contributed by atoms with Crippen LogP contribution in [0.25, 0.3) is 10.9 Å². The molecular weight excluding hydrogens is 276 g/mol. The highest BCUT2D eigenvalue weighted by Crippen LogP contribution is 2.15. The van der Waals surface area contributed by atoms with Crippen LogP contribution >= 0.6 is 0 Å². The number of hydrogen-bond donors (Lipinski definition) is 2. The number of para-hydroxylation sites is 1. The summed E-state index contributed by atoms with van der Waals surface area (Å²) in [5.41, 5.74) is 2.53. The van der Waals surface area contributed by atoms with E-state index in [4.69, 9.17) is 0 Å². The van der Waals surface area contributed by atoms with Crippen molar-refractivity contribution in [2.75, 3.05) is 12.4 Å². The van der Waals surface area contributed by atoms with Crippen molar-refractivity contribution in [3.05, 3.63) is 66.0 Å². The van der Waals surface area contributed by atoms with Crippen molar-refractivity contribution in [2.45, 2.75) is 6.54 Å². The van der Waals surface area contributed by atoms with Crippen LogP contribution in [0, 0.1) is 0 Å². The number of carbonyl (C=O) groups excluding carboxylic acids is 1. The van der Waals surface area contributed by atoms with Crippen LogP contribution < -0.4 is 10.6 Å². The van der Waals surface area contributed by atoms with Crippen molar-refractivity contribution in [1.29, 1.82) is 0 Å². The molecule has 5 nitrogen and oxygen atoms in total. The molecule has 3 rings (SSSR count). The molecule has 110 valence electrons. The lowest BCUT2D eigenvalue weighted by Gasteiger charge is -2.10. The van der Waals surface area contributed by atoms with Crippen molar-refractivity contribution in [3.63, 3.8) is 0 Å². The minimum atomic E-state index is -0.160. The van der Waals surface area contributed by atoms with Crippen LogP contribution in [0.15, 0.2) is 54.9 Å². The molecule has 0 aliphatic rings. The van der Waals surface area contributed by atoms with Crippen LogP contribution in [0.2, 0.25) is 0 Å². The van der Waals surface area contributed by atoms with Gasteiger partial charge in [-0.05, 0) is 29.8 Å². The molecule has 0 saturated heterocycles. The Labute approximate surface area is 128 Å². The third-order valence-corrected chi connectivity index (χ3v) is 3.39. The summed E-state index contributed by atoms with van der Waals surface area (Å²) in [5, 5.41) is 6.90. The quantitative estimate of drug-likeness (QED) is 0.775. The molecule has 0 saturated carbocycles. The van der Waals surface area contributed by atoms with Gasteiger partial charge >= 0.3 is 0 Å². The van der Waals surface area contributed by atoms with E-state index in [2.05, 4.69) is 26.7 Å². The zero-order valence-corrected chi connectivity index (χ0v) is 12.2. The molecule has 3 aromatic rings. The van der Waals surface area contributed by atoms with Gasteiger partial charge in [0.2, 0.25) is 0 Å². The van der Waals surface area contributed by atoms with Crippen LogP contribution in [0.4, 0.5) is 5.82 Å². The summed E-state index contributed by atoms with van der Waals surface area (Å²) >= 11 is 0. The summed E-state index contributed by atoms with van der Waals surface area (Å²) in [6.07, 6.45) is 3.49. The summed E-state index contributed by atoms with van der Waals surface area (Å²) in [6, 6.07) is 13.5. The topological polar surface area (TPSA) is 66.9 Å². The van der Waals surface area contributed by atoms with Crippen LogP contribution in [-0.2, 0) is 6.54 Å². The highest BCUT2D eigenvalue weighted by atomic mass is 16.1. The Kier molecular flexibility index (Phi) is 3.96. The number of benzene rings is 1. The minimum absolute atomic E-state index is 0.160. The molecule has 0 aliphatic carbocycles. The molecule has 1 aromatic carbocycles. The van der Waals surface area contributed by atoms with E-state index < -0.39 is 0 Å². The van der Waals surface area contributed by atoms with E-state index in [1.807, 2.05) is 30.5 Å². The van der Waals surface area contributed by atoms with Gasteiger partial charge in [-0.2, -0.15) is 0 Å². The largest absolute Gasteiger partial charge is 0.365 e. The highest BCUT2D eigenvalue weighted by molar-refractivity contribution is 5.98. The number of nitrogens with zero attached hydrogens (tertiary/aromatic N) is 2. The Morgan fingerprint density at radius 3 is 2.86 bits per heavy atom. The van der Waals surface area contributed by atoms with E-state index >= 15 is 0 Å². The lowest BCUT2D eigenvalue weighted by molar-refractivity contribution is 0.0963. The maximum atomic E-state index is 11.8. The summed E-state index contributed by atoms with van der Waals surface area (Å²) in [5.74, 6) is 0.405. The summed E-state index contributed by atoms with van der Waals surface area (Å²) in [4.78, 5) is 20.5. The van der Waals surface area contributed by atoms with Gasteiger partial charge in [-0.1, -0.05) is 18.2 Å². The maximum Gasteiger partial charge on any atom is 0.254 e. The van der Waals surface area contributed by atoms with E-state index in [9.17, 15) is 4.79 Å². The number of amides is 1. The summed E-state index contributed by atoms with van der Waals surface area (Å²) < 4.78 is 0. The molecule has 0 radical (unpaired) electrons. The molecule has 0 aliphatic heterocycles. The number of anilines is 1. The number of nitrogens with one attached hydrogen (secondary N) is 2. The van der Waals surface area contributed by atoms with Gasteiger partial charge in [0.05, 0.1) is 11.1 Å². The fraction of sp³-hybridized carbons (Fsp3) is 0.118. The fourth-order valence-electron chi connectivity index (χ4n) is 2.26. The summed E-state index contributed by atoms with van der Waals surface area (Å²) in [7, 11) is 1.60. The number of carbonyl (C=O) groups is 1. The van der Waals surface area contributed by atoms with Gasteiger partial charge in [-0.3, -0.25) is 9.78 Å². The third-order valence-electron chi connectivity index (χ3n) is 3.39. The van der Waals surface area contributed by atoms with Crippen molar-refractivity contribution >= 4 is 22.6 Å². The molecule has 0 unspecified atom stereocenters. The Morgan fingerprint density at radius 2 is 2.00 bits per heavy atom. The normalized spacial score (nSPS) is 10.4. The molecule has 0 atom stereocenters. The predicted octanol–water partition coefficient (Wildman–Crippen LogP) is 2.60. The van der Waals surface area contributed by atoms with Crippen LogP contribution in [-0.4, -0.2) is 22.9 Å². The maximum absolute atomic E-state index is 11.8. The highest BCUT2D eigenvalue weighted by Gasteiger charge is 2.10. The first kappa shape index (κ1) is 14.0. The lowest BCUT2D eigenvalue weighted by atomic mass is 10.1. The number of aromatic nitrogens is 2. The van der Waals surface area contributed by atoms with Crippen molar-refractivity contribution in [1.82, 2.24) is 15.3 Å². The van der Waals surface area contributed by atoms with Crippen LogP contribution in [0.1, 0.15) is 15.9 Å². The predicted molar refractivity (Wildman–Crippen MR) is 86.7 cm³/mol.